The molecule has 5 rings (SSSR count). The highest BCUT2D eigenvalue weighted by molar-refractivity contribution is 5.97. The first-order valence-electron chi connectivity index (χ1n) is 10.4. The van der Waals surface area contributed by atoms with E-state index in [4.69, 9.17) is 4.74 Å². The second-order valence-corrected chi connectivity index (χ2v) is 8.38. The first-order valence-corrected chi connectivity index (χ1v) is 10.4. The Labute approximate surface area is 173 Å². The molecule has 0 spiro atoms. The number of rotatable bonds is 3. The number of pyridine rings is 1. The molecule has 2 saturated heterocycles. The maximum Gasteiger partial charge on any atom is 0.341 e. The van der Waals surface area contributed by atoms with Crippen LogP contribution in [0, 0.1) is 5.82 Å². The number of aromatic carboxylic acids is 1. The van der Waals surface area contributed by atoms with Crippen molar-refractivity contribution in [2.75, 3.05) is 57.8 Å². The summed E-state index contributed by atoms with van der Waals surface area (Å²) in [5, 5.41) is 9.40. The summed E-state index contributed by atoms with van der Waals surface area (Å²) in [6, 6.07) is 1.54. The van der Waals surface area contributed by atoms with E-state index in [1.165, 1.54) is 12.3 Å². The van der Waals surface area contributed by atoms with E-state index in [0.717, 1.165) is 32.6 Å². The third-order valence-electron chi connectivity index (χ3n) is 6.59. The van der Waals surface area contributed by atoms with Gasteiger partial charge >= 0.3 is 5.97 Å². The van der Waals surface area contributed by atoms with Crippen LogP contribution in [0.5, 0.6) is 5.75 Å². The van der Waals surface area contributed by atoms with Crippen LogP contribution in [0.3, 0.4) is 0 Å². The predicted molar refractivity (Wildman–Crippen MR) is 110 cm³/mol. The summed E-state index contributed by atoms with van der Waals surface area (Å²) in [5.74, 6) is -1.49. The Balaban J connectivity index is 1.54. The van der Waals surface area contributed by atoms with Gasteiger partial charge in [0.05, 0.1) is 17.4 Å². The zero-order valence-electron chi connectivity index (χ0n) is 16.9. The van der Waals surface area contributed by atoms with Gasteiger partial charge in [-0.2, -0.15) is 0 Å². The monoisotopic (exact) mass is 416 g/mol. The van der Waals surface area contributed by atoms with Gasteiger partial charge in [-0.05, 0) is 19.5 Å². The molecule has 30 heavy (non-hydrogen) atoms. The van der Waals surface area contributed by atoms with Gasteiger partial charge in [-0.1, -0.05) is 0 Å². The molecule has 2 aromatic rings. The number of hydrogen-bond donors (Lipinski definition) is 1. The van der Waals surface area contributed by atoms with Gasteiger partial charge in [0.1, 0.15) is 17.9 Å². The molecule has 1 aromatic heterocycles. The lowest BCUT2D eigenvalue weighted by Gasteiger charge is -2.36. The van der Waals surface area contributed by atoms with Crippen LogP contribution in [0.25, 0.3) is 10.9 Å². The van der Waals surface area contributed by atoms with Gasteiger partial charge in [0, 0.05) is 51.5 Å². The maximum atomic E-state index is 15.3. The van der Waals surface area contributed by atoms with Gasteiger partial charge in [0.2, 0.25) is 5.43 Å². The fourth-order valence-electron chi connectivity index (χ4n) is 4.92. The van der Waals surface area contributed by atoms with E-state index in [-0.39, 0.29) is 10.9 Å². The summed E-state index contributed by atoms with van der Waals surface area (Å²) in [4.78, 5) is 30.9. The van der Waals surface area contributed by atoms with Gasteiger partial charge in [-0.15, -0.1) is 0 Å². The second kappa shape index (κ2) is 7.24. The van der Waals surface area contributed by atoms with Crippen LogP contribution in [0.1, 0.15) is 16.8 Å². The highest BCUT2D eigenvalue weighted by Gasteiger charge is 2.34. The maximum absolute atomic E-state index is 15.3. The molecule has 0 saturated carbocycles. The summed E-state index contributed by atoms with van der Waals surface area (Å²) < 4.78 is 22.8. The van der Waals surface area contributed by atoms with E-state index in [1.54, 1.807) is 4.57 Å². The van der Waals surface area contributed by atoms with Gasteiger partial charge in [-0.25, -0.2) is 9.18 Å². The molecular weight excluding hydrogens is 391 g/mol. The van der Waals surface area contributed by atoms with E-state index in [9.17, 15) is 14.7 Å². The average Bonchev–Trinajstić information content (AvgIpc) is 3.20. The van der Waals surface area contributed by atoms with Gasteiger partial charge in [0.25, 0.3) is 0 Å². The van der Waals surface area contributed by atoms with E-state index in [0.29, 0.717) is 49.2 Å². The number of benzene rings is 1. The second-order valence-electron chi connectivity index (χ2n) is 8.38. The number of carboxylic acid groups (broad SMARTS) is 1. The Hall–Kier alpha value is -2.65. The van der Waals surface area contributed by atoms with Crippen molar-refractivity contribution in [3.8, 4) is 5.75 Å². The normalized spacial score (nSPS) is 22.5. The largest absolute Gasteiger partial charge is 0.487 e. The minimum absolute atomic E-state index is 0.0562. The van der Waals surface area contributed by atoms with Crippen molar-refractivity contribution in [2.24, 2.45) is 0 Å². The molecule has 0 bridgehead atoms. The Morgan fingerprint density at radius 1 is 1.20 bits per heavy atom. The number of nitrogens with zero attached hydrogens (tertiary/aromatic N) is 4. The molecule has 3 aliphatic rings. The van der Waals surface area contributed by atoms with E-state index in [1.807, 2.05) is 4.90 Å². The highest BCUT2D eigenvalue weighted by atomic mass is 19.1. The SMILES string of the molecule is CN1CCN(C2CCN(c3c(F)cc4c(=O)c(C(=O)O)cn5c4c3OCC5)C2)CC1. The Kier molecular flexibility index (Phi) is 4.67. The van der Waals surface area contributed by atoms with Gasteiger partial charge in [-0.3, -0.25) is 9.69 Å². The molecule has 1 unspecified atom stereocenters. The number of aromatic nitrogens is 1. The van der Waals surface area contributed by atoms with Crippen LogP contribution in [0.4, 0.5) is 10.1 Å². The topological polar surface area (TPSA) is 78.3 Å². The van der Waals surface area contributed by atoms with Crippen molar-refractivity contribution in [2.45, 2.75) is 19.0 Å². The molecule has 9 heteroatoms. The molecule has 0 amide bonds. The molecular formula is C21H25FN4O4. The molecule has 1 N–H and O–H groups in total. The van der Waals surface area contributed by atoms with Crippen molar-refractivity contribution in [3.05, 3.63) is 33.9 Å². The Morgan fingerprint density at radius 3 is 2.70 bits per heavy atom. The first-order chi connectivity index (χ1) is 14.4. The summed E-state index contributed by atoms with van der Waals surface area (Å²) >= 11 is 0. The zero-order valence-corrected chi connectivity index (χ0v) is 16.9. The molecule has 8 nitrogen and oxygen atoms in total. The zero-order chi connectivity index (χ0) is 21.0. The number of hydrogen-bond acceptors (Lipinski definition) is 6. The average molecular weight is 416 g/mol. The number of halogens is 1. The molecule has 3 aliphatic heterocycles. The quantitative estimate of drug-likeness (QED) is 0.802. The fourth-order valence-corrected chi connectivity index (χ4v) is 4.92. The third kappa shape index (κ3) is 3.04. The first kappa shape index (κ1) is 19.3. The molecule has 0 radical (unpaired) electrons. The van der Waals surface area contributed by atoms with Crippen molar-refractivity contribution in [1.29, 1.82) is 0 Å². The molecule has 1 aromatic carbocycles. The number of carboxylic acids is 1. The Morgan fingerprint density at radius 2 is 1.97 bits per heavy atom. The lowest BCUT2D eigenvalue weighted by Crippen LogP contribution is -2.49. The van der Waals surface area contributed by atoms with Crippen molar-refractivity contribution in [3.63, 3.8) is 0 Å². The Bertz CT molecular complexity index is 1080. The number of piperazine rings is 1. The minimum atomic E-state index is -1.31. The van der Waals surface area contributed by atoms with Crippen molar-refractivity contribution < 1.29 is 19.0 Å². The number of likely N-dealkylation sites (N-methyl/N-ethyl adjacent to an activating group) is 1. The van der Waals surface area contributed by atoms with Crippen LogP contribution in [0.15, 0.2) is 17.1 Å². The summed E-state index contributed by atoms with van der Waals surface area (Å²) in [7, 11) is 2.13. The van der Waals surface area contributed by atoms with Crippen LogP contribution < -0.4 is 15.1 Å². The van der Waals surface area contributed by atoms with E-state index in [2.05, 4.69) is 16.8 Å². The summed E-state index contributed by atoms with van der Waals surface area (Å²) in [6.45, 7) is 6.23. The van der Waals surface area contributed by atoms with Crippen LogP contribution >= 0.6 is 0 Å². The lowest BCUT2D eigenvalue weighted by molar-refractivity contribution is 0.0694. The van der Waals surface area contributed by atoms with Gasteiger partial charge < -0.3 is 24.2 Å². The standard InChI is InChI=1S/C21H25FN4O4/c1-23-4-6-24(7-5-23)13-2-3-25(11-13)18-16(22)10-14-17-20(18)30-9-8-26(17)12-15(19(14)27)21(28)29/h10,12-13H,2-9,11H2,1H3,(H,28,29). The molecule has 0 aliphatic carbocycles. The predicted octanol–water partition coefficient (Wildman–Crippen LogP) is 1.06. The van der Waals surface area contributed by atoms with E-state index < -0.39 is 17.2 Å². The van der Waals surface area contributed by atoms with Crippen molar-refractivity contribution >= 4 is 22.6 Å². The van der Waals surface area contributed by atoms with Crippen LogP contribution in [0.2, 0.25) is 0 Å². The third-order valence-corrected chi connectivity index (χ3v) is 6.59. The van der Waals surface area contributed by atoms with E-state index >= 15 is 4.39 Å². The molecule has 1 atom stereocenters. The fraction of sp³-hybridized carbons (Fsp3) is 0.524. The lowest BCUT2D eigenvalue weighted by atomic mass is 10.1. The van der Waals surface area contributed by atoms with Crippen LogP contribution in [-0.4, -0.2) is 84.4 Å². The van der Waals surface area contributed by atoms with Crippen molar-refractivity contribution in [1.82, 2.24) is 14.4 Å². The number of ether oxygens (including phenoxy) is 1. The highest BCUT2D eigenvalue weighted by Crippen LogP contribution is 2.41. The van der Waals surface area contributed by atoms with Crippen LogP contribution in [-0.2, 0) is 6.54 Å². The number of carbonyl (C=O) groups is 1. The number of anilines is 1. The van der Waals surface area contributed by atoms with Gasteiger partial charge in [0.15, 0.2) is 11.6 Å². The minimum Gasteiger partial charge on any atom is -0.487 e. The molecule has 4 heterocycles. The summed E-state index contributed by atoms with van der Waals surface area (Å²) in [5.41, 5.74) is -0.160. The molecule has 160 valence electrons. The smallest absolute Gasteiger partial charge is 0.341 e. The molecule has 2 fully saturated rings. The summed E-state index contributed by atoms with van der Waals surface area (Å²) in [6.07, 6.45) is 2.29.